The number of fused-ring (bicyclic) bond motifs is 1. The van der Waals surface area contributed by atoms with Crippen LogP contribution >= 0.6 is 11.6 Å². The first kappa shape index (κ1) is 20.1. The van der Waals surface area contributed by atoms with Gasteiger partial charge in [-0.3, -0.25) is 9.89 Å². The fourth-order valence-corrected chi connectivity index (χ4v) is 3.52. The molecule has 156 valence electrons. The van der Waals surface area contributed by atoms with Gasteiger partial charge in [-0.15, -0.1) is 0 Å². The second-order valence-electron chi connectivity index (χ2n) is 6.59. The Morgan fingerprint density at radius 3 is 2.77 bits per heavy atom. The molecule has 0 bridgehead atoms. The Bertz CT molecular complexity index is 1370. The SMILES string of the molecule is CCC(Nc1nc(N)nc(N)c1C#N)c1nc2cccc(Cl)c2c(=O)n1-c1ccn[nH]1. The number of nitrogen functional groups attached to an aromatic ring is 2. The molecule has 1 unspecified atom stereocenters. The molecular weight excluding hydrogens is 420 g/mol. The summed E-state index contributed by atoms with van der Waals surface area (Å²) in [6.45, 7) is 1.89. The maximum absolute atomic E-state index is 13.4. The number of anilines is 3. The zero-order valence-electron chi connectivity index (χ0n) is 16.3. The van der Waals surface area contributed by atoms with Crippen LogP contribution in [-0.2, 0) is 0 Å². The van der Waals surface area contributed by atoms with E-state index in [-0.39, 0.29) is 34.1 Å². The third-order valence-electron chi connectivity index (χ3n) is 4.70. The molecule has 0 saturated carbocycles. The Kier molecular flexibility index (Phi) is 5.14. The topological polar surface area (TPSA) is 177 Å². The number of nitrogens with two attached hydrogens (primary N) is 2. The first-order valence-electron chi connectivity index (χ1n) is 9.25. The van der Waals surface area contributed by atoms with Gasteiger partial charge >= 0.3 is 0 Å². The molecule has 1 aromatic carbocycles. The van der Waals surface area contributed by atoms with E-state index in [4.69, 9.17) is 28.1 Å². The van der Waals surface area contributed by atoms with E-state index in [1.54, 1.807) is 24.3 Å². The lowest BCUT2D eigenvalue weighted by Crippen LogP contribution is -2.29. The second kappa shape index (κ2) is 7.92. The fraction of sp³-hybridized carbons (Fsp3) is 0.158. The minimum Gasteiger partial charge on any atom is -0.382 e. The molecule has 3 aromatic heterocycles. The lowest BCUT2D eigenvalue weighted by atomic mass is 10.1. The summed E-state index contributed by atoms with van der Waals surface area (Å²) >= 11 is 6.29. The summed E-state index contributed by atoms with van der Waals surface area (Å²) in [4.78, 5) is 26.0. The molecule has 4 rings (SSSR count). The molecule has 31 heavy (non-hydrogen) atoms. The predicted octanol–water partition coefficient (Wildman–Crippen LogP) is 2.15. The van der Waals surface area contributed by atoms with Gasteiger partial charge in [0.2, 0.25) is 5.95 Å². The van der Waals surface area contributed by atoms with E-state index in [2.05, 4.69) is 25.5 Å². The number of H-pyrrole nitrogens is 1. The molecule has 1 atom stereocenters. The monoisotopic (exact) mass is 436 g/mol. The van der Waals surface area contributed by atoms with Crippen molar-refractivity contribution in [1.82, 2.24) is 29.7 Å². The van der Waals surface area contributed by atoms with Crippen LogP contribution in [0.25, 0.3) is 16.7 Å². The largest absolute Gasteiger partial charge is 0.382 e. The van der Waals surface area contributed by atoms with Crippen LogP contribution in [0.2, 0.25) is 5.02 Å². The van der Waals surface area contributed by atoms with Crippen LogP contribution < -0.4 is 22.3 Å². The molecule has 4 aromatic rings. The third kappa shape index (κ3) is 3.49. The number of aromatic nitrogens is 6. The molecule has 11 nitrogen and oxygen atoms in total. The lowest BCUT2D eigenvalue weighted by molar-refractivity contribution is 0.652. The molecule has 0 aliphatic carbocycles. The van der Waals surface area contributed by atoms with E-state index < -0.39 is 6.04 Å². The van der Waals surface area contributed by atoms with Crippen molar-refractivity contribution < 1.29 is 0 Å². The zero-order chi connectivity index (χ0) is 22.1. The normalized spacial score (nSPS) is 11.9. The minimum absolute atomic E-state index is 0.0448. The summed E-state index contributed by atoms with van der Waals surface area (Å²) in [6, 6.07) is 8.13. The van der Waals surface area contributed by atoms with Gasteiger partial charge in [0.15, 0.2) is 5.82 Å². The average molecular weight is 437 g/mol. The highest BCUT2D eigenvalue weighted by Gasteiger charge is 2.24. The van der Waals surface area contributed by atoms with Gasteiger partial charge in [-0.05, 0) is 18.6 Å². The maximum Gasteiger partial charge on any atom is 0.268 e. The highest BCUT2D eigenvalue weighted by molar-refractivity contribution is 6.35. The summed E-state index contributed by atoms with van der Waals surface area (Å²) < 4.78 is 1.39. The van der Waals surface area contributed by atoms with E-state index in [0.29, 0.717) is 28.6 Å². The van der Waals surface area contributed by atoms with Crippen molar-refractivity contribution in [2.45, 2.75) is 19.4 Å². The van der Waals surface area contributed by atoms with Crippen molar-refractivity contribution in [3.63, 3.8) is 0 Å². The molecular formula is C19H17ClN10O. The molecule has 6 N–H and O–H groups in total. The summed E-state index contributed by atoms with van der Waals surface area (Å²) in [6.07, 6.45) is 2.01. The van der Waals surface area contributed by atoms with Crippen molar-refractivity contribution >= 4 is 40.1 Å². The van der Waals surface area contributed by atoms with Crippen molar-refractivity contribution in [3.05, 3.63) is 57.2 Å². The van der Waals surface area contributed by atoms with Gasteiger partial charge in [0.25, 0.3) is 5.56 Å². The van der Waals surface area contributed by atoms with Crippen LogP contribution in [0.3, 0.4) is 0 Å². The number of hydrogen-bond acceptors (Lipinski definition) is 9. The molecule has 0 saturated heterocycles. The predicted molar refractivity (Wildman–Crippen MR) is 117 cm³/mol. The first-order chi connectivity index (χ1) is 14.9. The standard InChI is InChI=1S/C19H17ClN10O/c1-2-11(25-16-9(8-21)15(22)27-19(23)28-16)17-26-12-5-3-4-10(20)14(12)18(31)30(17)13-6-7-24-29-13/h3-7,11H,2H2,1H3,(H,24,29)(H5,22,23,25,27,28). The maximum atomic E-state index is 13.4. The van der Waals surface area contributed by atoms with Crippen LogP contribution in [-0.4, -0.2) is 29.7 Å². The molecule has 12 heteroatoms. The highest BCUT2D eigenvalue weighted by Crippen LogP contribution is 2.28. The Hall–Kier alpha value is -4.17. The number of halogens is 1. The van der Waals surface area contributed by atoms with Gasteiger partial charge in [0.05, 0.1) is 28.2 Å². The molecule has 0 aliphatic rings. The van der Waals surface area contributed by atoms with Gasteiger partial charge < -0.3 is 16.8 Å². The fourth-order valence-electron chi connectivity index (χ4n) is 3.27. The van der Waals surface area contributed by atoms with Crippen LogP contribution in [0.4, 0.5) is 17.6 Å². The summed E-state index contributed by atoms with van der Waals surface area (Å²) in [5, 5.41) is 19.9. The molecule has 0 spiro atoms. The number of rotatable bonds is 5. The smallest absolute Gasteiger partial charge is 0.268 e. The summed E-state index contributed by atoms with van der Waals surface area (Å²) in [7, 11) is 0. The van der Waals surface area contributed by atoms with Gasteiger partial charge in [0, 0.05) is 6.07 Å². The van der Waals surface area contributed by atoms with E-state index in [1.165, 1.54) is 10.8 Å². The molecule has 0 radical (unpaired) electrons. The van der Waals surface area contributed by atoms with Gasteiger partial charge in [-0.2, -0.15) is 20.3 Å². The molecule has 0 amide bonds. The summed E-state index contributed by atoms with van der Waals surface area (Å²) in [5.41, 5.74) is 11.6. The van der Waals surface area contributed by atoms with E-state index in [0.717, 1.165) is 0 Å². The van der Waals surface area contributed by atoms with Gasteiger partial charge in [-0.25, -0.2) is 9.55 Å². The van der Waals surface area contributed by atoms with E-state index in [1.807, 2.05) is 13.0 Å². The van der Waals surface area contributed by atoms with Crippen LogP contribution in [0.15, 0.2) is 35.3 Å². The summed E-state index contributed by atoms with van der Waals surface area (Å²) in [5.74, 6) is 0.800. The van der Waals surface area contributed by atoms with Crippen molar-refractivity contribution in [2.75, 3.05) is 16.8 Å². The Morgan fingerprint density at radius 2 is 2.10 bits per heavy atom. The minimum atomic E-state index is -0.541. The van der Waals surface area contributed by atoms with Crippen LogP contribution in [0.1, 0.15) is 30.8 Å². The Morgan fingerprint density at radius 1 is 1.29 bits per heavy atom. The Labute approximate surface area is 180 Å². The van der Waals surface area contributed by atoms with Crippen LogP contribution in [0, 0.1) is 11.3 Å². The van der Waals surface area contributed by atoms with Crippen LogP contribution in [0.5, 0.6) is 0 Å². The van der Waals surface area contributed by atoms with E-state index >= 15 is 0 Å². The molecule has 0 aliphatic heterocycles. The van der Waals surface area contributed by atoms with Crippen molar-refractivity contribution in [3.8, 4) is 11.9 Å². The molecule has 0 fully saturated rings. The number of nitrogens with one attached hydrogen (secondary N) is 2. The second-order valence-corrected chi connectivity index (χ2v) is 7.00. The highest BCUT2D eigenvalue weighted by atomic mass is 35.5. The zero-order valence-corrected chi connectivity index (χ0v) is 17.1. The number of nitrogens with zero attached hydrogens (tertiary/aromatic N) is 6. The lowest BCUT2D eigenvalue weighted by Gasteiger charge is -2.22. The average Bonchev–Trinajstić information content (AvgIpc) is 3.25. The quantitative estimate of drug-likeness (QED) is 0.364. The number of aromatic amines is 1. The number of benzene rings is 1. The third-order valence-corrected chi connectivity index (χ3v) is 5.01. The van der Waals surface area contributed by atoms with E-state index in [9.17, 15) is 10.1 Å². The number of nitriles is 1. The number of hydrogen-bond donors (Lipinski definition) is 4. The van der Waals surface area contributed by atoms with Crippen molar-refractivity contribution in [1.29, 1.82) is 5.26 Å². The van der Waals surface area contributed by atoms with Crippen molar-refractivity contribution in [2.24, 2.45) is 0 Å². The van der Waals surface area contributed by atoms with Gasteiger partial charge in [-0.1, -0.05) is 24.6 Å². The van der Waals surface area contributed by atoms with Gasteiger partial charge in [0.1, 0.15) is 29.1 Å². The molecule has 3 heterocycles. The Balaban J connectivity index is 1.95. The first-order valence-corrected chi connectivity index (χ1v) is 9.63.